The van der Waals surface area contributed by atoms with E-state index in [0.29, 0.717) is 68.1 Å². The van der Waals surface area contributed by atoms with Crippen molar-refractivity contribution in [2.24, 2.45) is 11.3 Å². The molecule has 1 aliphatic carbocycles. The molecule has 1 saturated heterocycles. The Bertz CT molecular complexity index is 2350. The number of nitrogens with zero attached hydrogens (tertiary/aromatic N) is 3. The Hall–Kier alpha value is -5.14. The van der Waals surface area contributed by atoms with Gasteiger partial charge in [-0.05, 0) is 61.9 Å². The zero-order valence-electron chi connectivity index (χ0n) is 34.9. The number of anilines is 1. The third-order valence-electron chi connectivity index (χ3n) is 15.0. The lowest BCUT2D eigenvalue weighted by atomic mass is 9.47. The van der Waals surface area contributed by atoms with E-state index in [2.05, 4.69) is 16.8 Å². The molecule has 0 radical (unpaired) electrons. The molecule has 2 N–H and O–H groups in total. The van der Waals surface area contributed by atoms with Gasteiger partial charge in [-0.1, -0.05) is 55.8 Å². The Morgan fingerprint density at radius 3 is 2.46 bits per heavy atom. The van der Waals surface area contributed by atoms with Gasteiger partial charge in [-0.3, -0.25) is 19.3 Å². The zero-order valence-corrected chi connectivity index (χ0v) is 34.9. The van der Waals surface area contributed by atoms with Gasteiger partial charge in [0.2, 0.25) is 11.5 Å². The summed E-state index contributed by atoms with van der Waals surface area (Å²) in [4.78, 5) is 67.1. The van der Waals surface area contributed by atoms with E-state index < -0.39 is 57.8 Å². The van der Waals surface area contributed by atoms with Crippen LogP contribution in [0.2, 0.25) is 0 Å². The molecule has 1 amide bonds. The van der Waals surface area contributed by atoms with Crippen molar-refractivity contribution in [3.05, 3.63) is 82.6 Å². The van der Waals surface area contributed by atoms with Crippen LogP contribution in [0.4, 0.5) is 5.69 Å². The standard InChI is InChI=1S/C46H54N4O9/c1-8-27-21-28-24-45(41(53)57-6,36-30(15-19-50(25-27)37(28)52)29-13-10-11-14-33(29)47-36)32-22-31-34(23-35(32)56-5)48(4)39-44(31)17-20-49-18-12-16-43(9-2,38(44)49)40(59-26(3)51)46(39,55)42(54)58-7/h10-14,16,21-23,28,38-40,47,55H,8-9,15,17-20,24-25H2,1-7H3. The molecule has 6 heterocycles. The molecular formula is C46H54N4O9. The Morgan fingerprint density at radius 2 is 1.76 bits per heavy atom. The molecule has 2 bridgehead atoms. The normalized spacial score (nSPS) is 33.2. The van der Waals surface area contributed by atoms with E-state index >= 15 is 4.79 Å². The first-order valence-electron chi connectivity index (χ1n) is 20.8. The average Bonchev–Trinajstić information content (AvgIpc) is 3.90. The highest BCUT2D eigenvalue weighted by Crippen LogP contribution is 2.68. The van der Waals surface area contributed by atoms with Crippen LogP contribution in [0.25, 0.3) is 10.9 Å². The van der Waals surface area contributed by atoms with Gasteiger partial charge in [0.25, 0.3) is 0 Å². The molecule has 2 aromatic carbocycles. The van der Waals surface area contributed by atoms with Crippen molar-refractivity contribution in [1.82, 2.24) is 14.8 Å². The van der Waals surface area contributed by atoms with E-state index in [0.717, 1.165) is 34.0 Å². The Labute approximate surface area is 344 Å². The van der Waals surface area contributed by atoms with Gasteiger partial charge in [-0.2, -0.15) is 0 Å². The number of carbonyl (C=O) groups is 4. The molecule has 312 valence electrons. The van der Waals surface area contributed by atoms with Crippen molar-refractivity contribution in [3.8, 4) is 5.75 Å². The fraction of sp³-hybridized carbons (Fsp3) is 0.522. The molecule has 5 aliphatic heterocycles. The van der Waals surface area contributed by atoms with Crippen LogP contribution in [0.15, 0.2) is 60.2 Å². The number of nitrogens with one attached hydrogen (secondary N) is 1. The summed E-state index contributed by atoms with van der Waals surface area (Å²) in [6, 6.07) is 10.6. The highest BCUT2D eigenvalue weighted by atomic mass is 16.6. The SMILES string of the molecule is CCC1=CC2CC(C(=O)OC)(c3cc4c(cc3OC)N(C)C3C(O)(C(=O)OC)C(OC(C)=O)C5(CC)C=CCN6CCC43C65)c3[nH]c4ccccc4c3CCN(C1)C2=O. The maximum atomic E-state index is 15.3. The van der Waals surface area contributed by atoms with Crippen LogP contribution in [0, 0.1) is 11.3 Å². The van der Waals surface area contributed by atoms with Crippen LogP contribution >= 0.6 is 0 Å². The number of amides is 1. The van der Waals surface area contributed by atoms with Crippen LogP contribution < -0.4 is 9.64 Å². The minimum Gasteiger partial charge on any atom is -0.496 e. The summed E-state index contributed by atoms with van der Waals surface area (Å²) in [5, 5.41) is 14.3. The number of H-pyrrole nitrogens is 1. The van der Waals surface area contributed by atoms with Crippen molar-refractivity contribution in [2.45, 2.75) is 87.5 Å². The highest BCUT2D eigenvalue weighted by molar-refractivity contribution is 5.96. The second kappa shape index (κ2) is 13.7. The lowest BCUT2D eigenvalue weighted by Crippen LogP contribution is -2.81. The zero-order chi connectivity index (χ0) is 41.8. The summed E-state index contributed by atoms with van der Waals surface area (Å²) < 4.78 is 23.8. The topological polar surface area (TPSA) is 151 Å². The number of aliphatic hydroxyl groups is 1. The molecule has 13 nitrogen and oxygen atoms in total. The number of methoxy groups -OCH3 is 3. The van der Waals surface area contributed by atoms with Crippen molar-refractivity contribution in [1.29, 1.82) is 0 Å². The third-order valence-corrected chi connectivity index (χ3v) is 15.0. The lowest BCUT2D eigenvalue weighted by molar-refractivity contribution is -0.228. The van der Waals surface area contributed by atoms with Crippen molar-refractivity contribution in [2.75, 3.05) is 59.5 Å². The summed E-state index contributed by atoms with van der Waals surface area (Å²) in [6.45, 7) is 7.66. The van der Waals surface area contributed by atoms with Gasteiger partial charge < -0.3 is 38.8 Å². The first kappa shape index (κ1) is 39.3. The lowest BCUT2D eigenvalue weighted by Gasteiger charge is -2.63. The predicted molar refractivity (Wildman–Crippen MR) is 219 cm³/mol. The molecule has 8 atom stereocenters. The van der Waals surface area contributed by atoms with E-state index in [4.69, 9.17) is 18.9 Å². The number of ether oxygens (including phenoxy) is 4. The first-order valence-corrected chi connectivity index (χ1v) is 20.8. The number of esters is 3. The quantitative estimate of drug-likeness (QED) is 0.200. The predicted octanol–water partition coefficient (Wildman–Crippen LogP) is 4.32. The molecule has 1 aromatic heterocycles. The van der Waals surface area contributed by atoms with Crippen LogP contribution in [0.3, 0.4) is 0 Å². The van der Waals surface area contributed by atoms with E-state index in [9.17, 15) is 19.5 Å². The second-order valence-electron chi connectivity index (χ2n) is 17.4. The van der Waals surface area contributed by atoms with Gasteiger partial charge >= 0.3 is 17.9 Å². The number of rotatable bonds is 7. The third kappa shape index (κ3) is 4.97. The molecule has 59 heavy (non-hydrogen) atoms. The Morgan fingerprint density at radius 1 is 1.00 bits per heavy atom. The molecule has 1 spiro atoms. The van der Waals surface area contributed by atoms with Gasteiger partial charge in [-0.15, -0.1) is 0 Å². The fourth-order valence-electron chi connectivity index (χ4n) is 12.8. The summed E-state index contributed by atoms with van der Waals surface area (Å²) in [7, 11) is 6.03. The molecule has 3 aromatic rings. The molecule has 13 heteroatoms. The number of benzene rings is 2. The largest absolute Gasteiger partial charge is 0.496 e. The van der Waals surface area contributed by atoms with E-state index in [1.807, 2.05) is 78.4 Å². The van der Waals surface area contributed by atoms with Gasteiger partial charge in [0.05, 0.1) is 33.3 Å². The van der Waals surface area contributed by atoms with Crippen LogP contribution in [0.5, 0.6) is 5.75 Å². The number of aromatic nitrogens is 1. The highest BCUT2D eigenvalue weighted by Gasteiger charge is 2.80. The number of para-hydroxylation sites is 1. The van der Waals surface area contributed by atoms with E-state index in [1.165, 1.54) is 21.1 Å². The molecule has 8 unspecified atom stereocenters. The minimum absolute atomic E-state index is 0.0384. The Kier molecular flexibility index (Phi) is 9.13. The van der Waals surface area contributed by atoms with Crippen LogP contribution in [-0.4, -0.2) is 122 Å². The number of fused-ring (bicyclic) bond motifs is 6. The maximum Gasteiger partial charge on any atom is 0.344 e. The maximum absolute atomic E-state index is 15.3. The molecule has 1 saturated carbocycles. The smallest absolute Gasteiger partial charge is 0.344 e. The average molecular weight is 807 g/mol. The van der Waals surface area contributed by atoms with Crippen molar-refractivity contribution in [3.63, 3.8) is 0 Å². The Balaban J connectivity index is 1.38. The second-order valence-corrected chi connectivity index (χ2v) is 17.4. The molecule has 9 rings (SSSR count). The molecular weight excluding hydrogens is 753 g/mol. The van der Waals surface area contributed by atoms with Gasteiger partial charge in [0, 0.05) is 84.4 Å². The summed E-state index contributed by atoms with van der Waals surface area (Å²) in [5.74, 6) is -2.35. The summed E-state index contributed by atoms with van der Waals surface area (Å²) >= 11 is 0. The van der Waals surface area contributed by atoms with Gasteiger partial charge in [-0.25, -0.2) is 4.79 Å². The number of hydrogen-bond acceptors (Lipinski definition) is 11. The summed E-state index contributed by atoms with van der Waals surface area (Å²) in [6.07, 6.45) is 7.14. The number of aromatic amines is 1. The molecule has 6 aliphatic rings. The number of carbonyl (C=O) groups excluding carboxylic acids is 4. The van der Waals surface area contributed by atoms with Crippen LogP contribution in [-0.2, 0) is 50.6 Å². The fourth-order valence-corrected chi connectivity index (χ4v) is 12.8. The number of hydrogen-bond donors (Lipinski definition) is 2. The van der Waals surface area contributed by atoms with Gasteiger partial charge in [0.15, 0.2) is 6.10 Å². The summed E-state index contributed by atoms with van der Waals surface area (Å²) in [5.41, 5.74) is -0.239. The van der Waals surface area contributed by atoms with Crippen molar-refractivity contribution < 1.29 is 43.2 Å². The number of likely N-dealkylation sites (N-methyl/N-ethyl adjacent to an activating group) is 1. The van der Waals surface area contributed by atoms with Crippen molar-refractivity contribution >= 4 is 40.4 Å². The van der Waals surface area contributed by atoms with E-state index in [1.54, 1.807) is 7.11 Å². The minimum atomic E-state index is -2.33. The first-order chi connectivity index (χ1) is 28.3. The molecule has 2 fully saturated rings. The monoisotopic (exact) mass is 806 g/mol. The van der Waals surface area contributed by atoms with Crippen LogP contribution in [0.1, 0.15) is 68.8 Å². The van der Waals surface area contributed by atoms with Gasteiger partial charge in [0.1, 0.15) is 11.2 Å². The van der Waals surface area contributed by atoms with E-state index in [-0.39, 0.29) is 18.4 Å².